The number of hydrogen-bond donors (Lipinski definition) is 2. The SMILES string of the molecule is CCCC(CCN)CNS(=O)(=O)C(C)C. The summed E-state index contributed by atoms with van der Waals surface area (Å²) >= 11 is 0. The Morgan fingerprint density at radius 3 is 2.27 bits per heavy atom. The Balaban J connectivity index is 4.09. The molecule has 1 unspecified atom stereocenters. The predicted molar refractivity (Wildman–Crippen MR) is 64.1 cm³/mol. The molecule has 0 aromatic carbocycles. The first kappa shape index (κ1) is 14.9. The van der Waals surface area contributed by atoms with E-state index >= 15 is 0 Å². The molecule has 1 atom stereocenters. The Hall–Kier alpha value is -0.130. The third-order valence-corrected chi connectivity index (χ3v) is 4.28. The van der Waals surface area contributed by atoms with Crippen molar-refractivity contribution in [3.8, 4) is 0 Å². The molecule has 0 spiro atoms. The minimum atomic E-state index is -3.12. The Labute approximate surface area is 93.7 Å². The van der Waals surface area contributed by atoms with Crippen molar-refractivity contribution in [1.29, 1.82) is 0 Å². The highest BCUT2D eigenvalue weighted by molar-refractivity contribution is 7.90. The number of rotatable bonds is 8. The van der Waals surface area contributed by atoms with Gasteiger partial charge in [-0.1, -0.05) is 13.3 Å². The van der Waals surface area contributed by atoms with Crippen molar-refractivity contribution >= 4 is 10.0 Å². The van der Waals surface area contributed by atoms with Crippen LogP contribution >= 0.6 is 0 Å². The zero-order valence-corrected chi connectivity index (χ0v) is 10.8. The Morgan fingerprint density at radius 2 is 1.87 bits per heavy atom. The molecule has 5 heteroatoms. The van der Waals surface area contributed by atoms with E-state index in [2.05, 4.69) is 11.6 Å². The second-order valence-corrected chi connectivity index (χ2v) is 6.50. The van der Waals surface area contributed by atoms with E-state index in [1.807, 2.05) is 0 Å². The van der Waals surface area contributed by atoms with Crippen molar-refractivity contribution in [2.24, 2.45) is 11.7 Å². The van der Waals surface area contributed by atoms with Crippen LogP contribution in [0.4, 0.5) is 0 Å². The summed E-state index contributed by atoms with van der Waals surface area (Å²) in [5, 5.41) is -0.363. The van der Waals surface area contributed by atoms with Crippen molar-refractivity contribution in [2.75, 3.05) is 13.1 Å². The quantitative estimate of drug-likeness (QED) is 0.662. The molecule has 0 amide bonds. The fourth-order valence-corrected chi connectivity index (χ4v) is 2.19. The van der Waals surface area contributed by atoms with Gasteiger partial charge in [0, 0.05) is 6.54 Å². The van der Waals surface area contributed by atoms with Crippen LogP contribution in [0.3, 0.4) is 0 Å². The first-order valence-electron chi connectivity index (χ1n) is 5.62. The minimum absolute atomic E-state index is 0.363. The van der Waals surface area contributed by atoms with Crippen molar-refractivity contribution < 1.29 is 8.42 Å². The molecular formula is C10H24N2O2S. The second kappa shape index (κ2) is 7.19. The molecule has 0 saturated heterocycles. The smallest absolute Gasteiger partial charge is 0.213 e. The third-order valence-electron chi connectivity index (χ3n) is 2.47. The van der Waals surface area contributed by atoms with Crippen LogP contribution in [0.15, 0.2) is 0 Å². The highest BCUT2D eigenvalue weighted by Crippen LogP contribution is 2.10. The van der Waals surface area contributed by atoms with Gasteiger partial charge in [-0.15, -0.1) is 0 Å². The maximum absolute atomic E-state index is 11.5. The maximum Gasteiger partial charge on any atom is 0.213 e. The summed E-state index contributed by atoms with van der Waals surface area (Å²) in [5.74, 6) is 0.369. The van der Waals surface area contributed by atoms with E-state index in [0.29, 0.717) is 19.0 Å². The molecule has 92 valence electrons. The third kappa shape index (κ3) is 6.12. The molecule has 0 rings (SSSR count). The van der Waals surface area contributed by atoms with Crippen LogP contribution in [0.2, 0.25) is 0 Å². The zero-order valence-electron chi connectivity index (χ0n) is 9.99. The van der Waals surface area contributed by atoms with Crippen molar-refractivity contribution in [3.63, 3.8) is 0 Å². The molecule has 3 N–H and O–H groups in total. The summed E-state index contributed by atoms with van der Waals surface area (Å²) in [7, 11) is -3.12. The Morgan fingerprint density at radius 1 is 1.27 bits per heavy atom. The fraction of sp³-hybridized carbons (Fsp3) is 1.00. The highest BCUT2D eigenvalue weighted by Gasteiger charge is 2.17. The maximum atomic E-state index is 11.5. The van der Waals surface area contributed by atoms with Gasteiger partial charge < -0.3 is 5.73 Å². The molecular weight excluding hydrogens is 212 g/mol. The Bertz CT molecular complexity index is 244. The van der Waals surface area contributed by atoms with Crippen LogP contribution in [0.5, 0.6) is 0 Å². The van der Waals surface area contributed by atoms with Crippen LogP contribution in [-0.2, 0) is 10.0 Å². The van der Waals surface area contributed by atoms with Gasteiger partial charge in [0.25, 0.3) is 0 Å². The average Bonchev–Trinajstić information content (AvgIpc) is 2.15. The summed E-state index contributed by atoms with van der Waals surface area (Å²) in [6.45, 7) is 6.60. The topological polar surface area (TPSA) is 72.2 Å². The molecule has 4 nitrogen and oxygen atoms in total. The number of nitrogens with two attached hydrogens (primary N) is 1. The number of nitrogens with one attached hydrogen (secondary N) is 1. The zero-order chi connectivity index (χ0) is 11.9. The highest BCUT2D eigenvalue weighted by atomic mass is 32.2. The first-order chi connectivity index (χ1) is 6.94. The van der Waals surface area contributed by atoms with Gasteiger partial charge in [-0.05, 0) is 39.2 Å². The van der Waals surface area contributed by atoms with Gasteiger partial charge in [0.1, 0.15) is 0 Å². The molecule has 0 aromatic heterocycles. The van der Waals surface area contributed by atoms with Crippen molar-refractivity contribution in [1.82, 2.24) is 4.72 Å². The standard InChI is InChI=1S/C10H24N2O2S/c1-4-5-10(6-7-11)8-12-15(13,14)9(2)3/h9-10,12H,4-8,11H2,1-3H3. The summed E-state index contributed by atoms with van der Waals surface area (Å²) < 4.78 is 25.6. The van der Waals surface area contributed by atoms with Crippen LogP contribution in [0.25, 0.3) is 0 Å². The van der Waals surface area contributed by atoms with Gasteiger partial charge in [-0.25, -0.2) is 13.1 Å². The van der Waals surface area contributed by atoms with Gasteiger partial charge in [0.2, 0.25) is 10.0 Å². The van der Waals surface area contributed by atoms with Crippen LogP contribution < -0.4 is 10.5 Å². The summed E-state index contributed by atoms with van der Waals surface area (Å²) in [6.07, 6.45) is 2.97. The molecule has 0 heterocycles. The van der Waals surface area contributed by atoms with E-state index < -0.39 is 10.0 Å². The van der Waals surface area contributed by atoms with Crippen LogP contribution in [-0.4, -0.2) is 26.8 Å². The minimum Gasteiger partial charge on any atom is -0.330 e. The first-order valence-corrected chi connectivity index (χ1v) is 7.17. The lowest BCUT2D eigenvalue weighted by molar-refractivity contribution is 0.442. The van der Waals surface area contributed by atoms with E-state index in [0.717, 1.165) is 19.3 Å². The van der Waals surface area contributed by atoms with Crippen molar-refractivity contribution in [2.45, 2.75) is 45.3 Å². The molecule has 0 aliphatic heterocycles. The van der Waals surface area contributed by atoms with Gasteiger partial charge >= 0.3 is 0 Å². The largest absolute Gasteiger partial charge is 0.330 e. The molecule has 0 aliphatic rings. The normalized spacial score (nSPS) is 14.5. The number of sulfonamides is 1. The lowest BCUT2D eigenvalue weighted by Gasteiger charge is -2.17. The monoisotopic (exact) mass is 236 g/mol. The fourth-order valence-electron chi connectivity index (χ4n) is 1.39. The average molecular weight is 236 g/mol. The van der Waals surface area contributed by atoms with Crippen LogP contribution in [0, 0.1) is 5.92 Å². The van der Waals surface area contributed by atoms with E-state index in [-0.39, 0.29) is 5.25 Å². The van der Waals surface area contributed by atoms with Crippen LogP contribution in [0.1, 0.15) is 40.0 Å². The van der Waals surface area contributed by atoms with Crippen molar-refractivity contribution in [3.05, 3.63) is 0 Å². The van der Waals surface area contributed by atoms with Gasteiger partial charge in [0.05, 0.1) is 5.25 Å². The van der Waals surface area contributed by atoms with Gasteiger partial charge in [-0.2, -0.15) is 0 Å². The van der Waals surface area contributed by atoms with E-state index in [1.165, 1.54) is 0 Å². The predicted octanol–water partition coefficient (Wildman–Crippen LogP) is 1.08. The lowest BCUT2D eigenvalue weighted by atomic mass is 10.0. The summed E-state index contributed by atoms with van der Waals surface area (Å²) in [4.78, 5) is 0. The summed E-state index contributed by atoms with van der Waals surface area (Å²) in [6, 6.07) is 0. The van der Waals surface area contributed by atoms with E-state index in [1.54, 1.807) is 13.8 Å². The lowest BCUT2D eigenvalue weighted by Crippen LogP contribution is -2.35. The molecule has 0 bridgehead atoms. The molecule has 15 heavy (non-hydrogen) atoms. The van der Waals surface area contributed by atoms with E-state index in [9.17, 15) is 8.42 Å². The van der Waals surface area contributed by atoms with E-state index in [4.69, 9.17) is 5.73 Å². The molecule has 0 fully saturated rings. The molecule has 0 radical (unpaired) electrons. The molecule has 0 aromatic rings. The van der Waals surface area contributed by atoms with Gasteiger partial charge in [0.15, 0.2) is 0 Å². The van der Waals surface area contributed by atoms with Gasteiger partial charge in [-0.3, -0.25) is 0 Å². The number of hydrogen-bond acceptors (Lipinski definition) is 3. The second-order valence-electron chi connectivity index (χ2n) is 4.17. The Kier molecular flexibility index (Phi) is 7.13. The molecule has 0 saturated carbocycles. The summed E-state index contributed by atoms with van der Waals surface area (Å²) in [5.41, 5.74) is 5.48. The molecule has 0 aliphatic carbocycles.